The smallest absolute Gasteiger partial charge is 0.305 e. The summed E-state index contributed by atoms with van der Waals surface area (Å²) in [6.07, 6.45) is 9.01. The molecule has 0 heterocycles. The van der Waals surface area contributed by atoms with Crippen molar-refractivity contribution in [3.8, 4) is 0 Å². The molecular weight excluding hydrogens is 274 g/mol. The molecule has 0 saturated carbocycles. The molecule has 3 nitrogen and oxygen atoms in total. The normalized spacial score (nSPS) is 17.7. The number of benzene rings is 1. The first-order valence-corrected chi connectivity index (χ1v) is 7.35. The molecule has 0 aromatic heterocycles. The van der Waals surface area contributed by atoms with Crippen molar-refractivity contribution in [2.75, 3.05) is 14.2 Å². The highest BCUT2D eigenvalue weighted by Gasteiger charge is 2.15. The maximum absolute atomic E-state index is 11.6. The first-order valence-electron chi connectivity index (χ1n) is 7.35. The van der Waals surface area contributed by atoms with E-state index in [-0.39, 0.29) is 5.97 Å². The van der Waals surface area contributed by atoms with Crippen LogP contribution in [0.15, 0.2) is 59.1 Å². The van der Waals surface area contributed by atoms with Gasteiger partial charge in [-0.05, 0) is 36.1 Å². The van der Waals surface area contributed by atoms with Gasteiger partial charge < -0.3 is 4.74 Å². The molecule has 2 rings (SSSR count). The second-order valence-corrected chi connectivity index (χ2v) is 5.11. The van der Waals surface area contributed by atoms with E-state index in [2.05, 4.69) is 30.1 Å². The van der Waals surface area contributed by atoms with Crippen LogP contribution in [0.2, 0.25) is 0 Å². The van der Waals surface area contributed by atoms with Crippen molar-refractivity contribution >= 4 is 17.3 Å². The van der Waals surface area contributed by atoms with Gasteiger partial charge in [0, 0.05) is 19.0 Å². The predicted octanol–water partition coefficient (Wildman–Crippen LogP) is 3.90. The summed E-state index contributed by atoms with van der Waals surface area (Å²) >= 11 is 0. The molecule has 0 N–H and O–H groups in total. The molecular formula is C19H21NO2. The van der Waals surface area contributed by atoms with E-state index in [1.807, 2.05) is 30.4 Å². The molecule has 0 atom stereocenters. The lowest BCUT2D eigenvalue weighted by atomic mass is 9.89. The van der Waals surface area contributed by atoms with Crippen molar-refractivity contribution in [2.45, 2.75) is 19.8 Å². The van der Waals surface area contributed by atoms with Crippen molar-refractivity contribution in [1.29, 1.82) is 0 Å². The number of rotatable bonds is 4. The molecule has 1 aromatic rings. The summed E-state index contributed by atoms with van der Waals surface area (Å²) in [6, 6.07) is 8.21. The number of hydrogen-bond acceptors (Lipinski definition) is 3. The molecule has 1 aromatic carbocycles. The number of carbonyl (C=O) groups excluding carboxylic acids is 1. The van der Waals surface area contributed by atoms with Gasteiger partial charge in [-0.1, -0.05) is 42.5 Å². The van der Waals surface area contributed by atoms with Crippen molar-refractivity contribution in [3.63, 3.8) is 0 Å². The first-order chi connectivity index (χ1) is 10.7. The average Bonchev–Trinajstić information content (AvgIpc) is 2.56. The lowest BCUT2D eigenvalue weighted by Crippen LogP contribution is -2.07. The summed E-state index contributed by atoms with van der Waals surface area (Å²) in [7, 11) is 3.21. The summed E-state index contributed by atoms with van der Waals surface area (Å²) in [6.45, 7) is 2.08. The Morgan fingerprint density at radius 3 is 2.55 bits per heavy atom. The number of carbonyl (C=O) groups is 1. The van der Waals surface area contributed by atoms with E-state index in [0.29, 0.717) is 12.8 Å². The Labute approximate surface area is 131 Å². The van der Waals surface area contributed by atoms with Gasteiger partial charge in [-0.25, -0.2) is 0 Å². The maximum atomic E-state index is 11.6. The number of allylic oxidation sites excluding steroid dienone is 6. The molecule has 0 fully saturated rings. The molecule has 22 heavy (non-hydrogen) atoms. The Bertz CT molecular complexity index is 678. The number of hydrogen-bond donors (Lipinski definition) is 0. The summed E-state index contributed by atoms with van der Waals surface area (Å²) in [5, 5.41) is 0. The largest absolute Gasteiger partial charge is 0.469 e. The highest BCUT2D eigenvalue weighted by Crippen LogP contribution is 2.29. The lowest BCUT2D eigenvalue weighted by Gasteiger charge is -2.17. The highest BCUT2D eigenvalue weighted by molar-refractivity contribution is 6.16. The minimum absolute atomic E-state index is 0.197. The van der Waals surface area contributed by atoms with Gasteiger partial charge in [0.2, 0.25) is 0 Å². The van der Waals surface area contributed by atoms with Crippen molar-refractivity contribution in [1.82, 2.24) is 0 Å². The first kappa shape index (κ1) is 16.0. The maximum Gasteiger partial charge on any atom is 0.305 e. The molecule has 3 heteroatoms. The van der Waals surface area contributed by atoms with E-state index in [0.717, 1.165) is 22.4 Å². The van der Waals surface area contributed by atoms with E-state index in [4.69, 9.17) is 4.74 Å². The molecule has 1 aliphatic carbocycles. The lowest BCUT2D eigenvalue weighted by molar-refractivity contribution is -0.140. The van der Waals surface area contributed by atoms with Crippen LogP contribution < -0.4 is 0 Å². The summed E-state index contributed by atoms with van der Waals surface area (Å²) in [4.78, 5) is 15.9. The number of ether oxygens (including phenoxy) is 1. The number of aliphatic imine (C=N–C) groups is 1. The molecule has 0 bridgehead atoms. The van der Waals surface area contributed by atoms with E-state index < -0.39 is 0 Å². The van der Waals surface area contributed by atoms with Crippen molar-refractivity contribution < 1.29 is 9.53 Å². The van der Waals surface area contributed by atoms with Gasteiger partial charge >= 0.3 is 5.97 Å². The fourth-order valence-electron chi connectivity index (χ4n) is 2.58. The number of methoxy groups -OCH3 is 1. The zero-order valence-electron chi connectivity index (χ0n) is 13.3. The van der Waals surface area contributed by atoms with E-state index in [1.165, 1.54) is 12.7 Å². The molecule has 0 amide bonds. The second kappa shape index (κ2) is 7.55. The third-order valence-electron chi connectivity index (χ3n) is 3.75. The zero-order valence-corrected chi connectivity index (χ0v) is 13.3. The molecule has 0 saturated heterocycles. The Balaban J connectivity index is 2.51. The van der Waals surface area contributed by atoms with Gasteiger partial charge in [0.25, 0.3) is 0 Å². The van der Waals surface area contributed by atoms with Gasteiger partial charge in [0.15, 0.2) is 0 Å². The third kappa shape index (κ3) is 3.61. The molecule has 0 radical (unpaired) electrons. The molecule has 1 aliphatic rings. The summed E-state index contributed by atoms with van der Waals surface area (Å²) in [5.41, 5.74) is 5.48. The predicted molar refractivity (Wildman–Crippen MR) is 91.0 cm³/mol. The van der Waals surface area contributed by atoms with Crippen LogP contribution in [0.25, 0.3) is 5.57 Å². The Morgan fingerprint density at radius 2 is 1.86 bits per heavy atom. The van der Waals surface area contributed by atoms with Crippen LogP contribution in [0.3, 0.4) is 0 Å². The van der Waals surface area contributed by atoms with Crippen molar-refractivity contribution in [2.24, 2.45) is 4.99 Å². The molecule has 0 unspecified atom stereocenters. The minimum atomic E-state index is -0.197. The van der Waals surface area contributed by atoms with Gasteiger partial charge in [-0.2, -0.15) is 0 Å². The summed E-state index contributed by atoms with van der Waals surface area (Å²) in [5.74, 6) is -0.197. The molecule has 0 spiro atoms. The molecule has 114 valence electrons. The van der Waals surface area contributed by atoms with Gasteiger partial charge in [-0.15, -0.1) is 0 Å². The quantitative estimate of drug-likeness (QED) is 0.790. The van der Waals surface area contributed by atoms with E-state index in [9.17, 15) is 4.79 Å². The topological polar surface area (TPSA) is 38.7 Å². The van der Waals surface area contributed by atoms with Gasteiger partial charge in [0.1, 0.15) is 0 Å². The van der Waals surface area contributed by atoms with Crippen LogP contribution in [0, 0.1) is 6.92 Å². The monoisotopic (exact) mass is 295 g/mol. The number of nitrogens with zero attached hydrogens (tertiary/aromatic N) is 1. The zero-order chi connectivity index (χ0) is 15.9. The fourth-order valence-corrected chi connectivity index (χ4v) is 2.58. The van der Waals surface area contributed by atoms with Gasteiger partial charge in [-0.3, -0.25) is 9.79 Å². The summed E-state index contributed by atoms with van der Waals surface area (Å²) < 4.78 is 4.78. The van der Waals surface area contributed by atoms with Crippen LogP contribution in [-0.2, 0) is 9.53 Å². The van der Waals surface area contributed by atoms with Crippen LogP contribution in [0.5, 0.6) is 0 Å². The number of aryl methyl sites for hydroxylation is 1. The minimum Gasteiger partial charge on any atom is -0.469 e. The van der Waals surface area contributed by atoms with Crippen molar-refractivity contribution in [3.05, 3.63) is 65.3 Å². The van der Waals surface area contributed by atoms with Crippen LogP contribution in [0.1, 0.15) is 24.0 Å². The molecule has 0 aliphatic heterocycles. The third-order valence-corrected chi connectivity index (χ3v) is 3.75. The van der Waals surface area contributed by atoms with E-state index in [1.54, 1.807) is 7.05 Å². The second-order valence-electron chi connectivity index (χ2n) is 5.11. The van der Waals surface area contributed by atoms with Crippen LogP contribution in [-0.4, -0.2) is 25.8 Å². The Morgan fingerprint density at radius 1 is 1.14 bits per heavy atom. The average molecular weight is 295 g/mol. The van der Waals surface area contributed by atoms with E-state index >= 15 is 0 Å². The Hall–Kier alpha value is -2.42. The highest BCUT2D eigenvalue weighted by atomic mass is 16.5. The van der Waals surface area contributed by atoms with Gasteiger partial charge in [0.05, 0.1) is 12.8 Å². The Kier molecular flexibility index (Phi) is 5.48. The standard InChI is InChI=1S/C19H21NO2/c1-14-8-4-5-9-15(14)16(12-13-19(21)22-3)17-10-6-7-11-18(17)20-2/h4-11H,12-13H2,1-3H3/b17-16-,20-18?. The SMILES string of the molecule is CN=C1C=CC=C/C1=C(\CCC(=O)OC)c1ccccc1C. The fraction of sp³-hybridized carbons (Fsp3) is 0.263. The van der Waals surface area contributed by atoms with Crippen LogP contribution in [0.4, 0.5) is 0 Å². The number of esters is 1. The van der Waals surface area contributed by atoms with Crippen LogP contribution >= 0.6 is 0 Å².